The van der Waals surface area contributed by atoms with Gasteiger partial charge in [0.15, 0.2) is 0 Å². The Bertz CT molecular complexity index is 2740. The number of nitrogens with one attached hydrogen (secondary N) is 2. The van der Waals surface area contributed by atoms with Gasteiger partial charge in [0, 0.05) is 21.9 Å². The second-order valence-electron chi connectivity index (χ2n) is 12.8. The van der Waals surface area contributed by atoms with Gasteiger partial charge in [0.1, 0.15) is 29.3 Å². The molecule has 4 nitrogen and oxygen atoms in total. The molecule has 9 aromatic rings. The van der Waals surface area contributed by atoms with Crippen molar-refractivity contribution in [3.8, 4) is 11.1 Å². The van der Waals surface area contributed by atoms with Gasteiger partial charge >= 0.3 is 0 Å². The van der Waals surface area contributed by atoms with Crippen LogP contribution in [0.2, 0.25) is 0 Å². The zero-order valence-electron chi connectivity index (χ0n) is 26.6. The molecule has 232 valence electrons. The molecule has 1 aliphatic heterocycles. The summed E-state index contributed by atoms with van der Waals surface area (Å²) >= 11 is 0. The number of nitrogens with zero attached hydrogens (tertiary/aromatic N) is 1. The van der Waals surface area contributed by atoms with E-state index in [1.54, 1.807) is 0 Å². The molecular weight excluding hydrogens is 599 g/mol. The molecule has 0 spiro atoms. The molecule has 0 aliphatic carbocycles. The van der Waals surface area contributed by atoms with Crippen LogP contribution >= 0.6 is 0 Å². The summed E-state index contributed by atoms with van der Waals surface area (Å²) in [5.41, 5.74) is 7.42. The SMILES string of the molecule is c1ccc(-c2cc(C3N=C(c4ccc5c(ccc6ccccc65)c4)NC(c4cccc5oc6ccccc6c45)N3)cc3ccccc23)cc1. The van der Waals surface area contributed by atoms with Crippen LogP contribution in [-0.4, -0.2) is 5.84 Å². The summed E-state index contributed by atoms with van der Waals surface area (Å²) < 4.78 is 6.32. The van der Waals surface area contributed by atoms with Gasteiger partial charge in [0.2, 0.25) is 0 Å². The summed E-state index contributed by atoms with van der Waals surface area (Å²) in [5, 5.41) is 17.3. The molecule has 2 unspecified atom stereocenters. The highest BCUT2D eigenvalue weighted by molar-refractivity contribution is 6.11. The lowest BCUT2D eigenvalue weighted by Crippen LogP contribution is -2.45. The van der Waals surface area contributed by atoms with Gasteiger partial charge in [-0.05, 0) is 79.3 Å². The predicted molar refractivity (Wildman–Crippen MR) is 203 cm³/mol. The van der Waals surface area contributed by atoms with Crippen molar-refractivity contribution in [2.24, 2.45) is 4.99 Å². The fourth-order valence-corrected chi connectivity index (χ4v) is 7.59. The van der Waals surface area contributed by atoms with Crippen LogP contribution in [0, 0.1) is 0 Å². The summed E-state index contributed by atoms with van der Waals surface area (Å²) in [5.74, 6) is 0.850. The van der Waals surface area contributed by atoms with E-state index in [4.69, 9.17) is 9.41 Å². The van der Waals surface area contributed by atoms with E-state index in [-0.39, 0.29) is 12.3 Å². The van der Waals surface area contributed by atoms with E-state index >= 15 is 0 Å². The molecule has 1 aromatic heterocycles. The first kappa shape index (κ1) is 27.8. The average molecular weight is 630 g/mol. The largest absolute Gasteiger partial charge is 0.456 e. The van der Waals surface area contributed by atoms with Crippen LogP contribution in [0.4, 0.5) is 0 Å². The first-order valence-corrected chi connectivity index (χ1v) is 16.8. The Morgan fingerprint density at radius 1 is 0.490 bits per heavy atom. The van der Waals surface area contributed by atoms with Crippen molar-refractivity contribution in [1.82, 2.24) is 10.6 Å². The van der Waals surface area contributed by atoms with E-state index in [9.17, 15) is 0 Å². The maximum atomic E-state index is 6.32. The lowest BCUT2D eigenvalue weighted by Gasteiger charge is -2.33. The summed E-state index contributed by atoms with van der Waals surface area (Å²) in [4.78, 5) is 5.41. The van der Waals surface area contributed by atoms with Crippen molar-refractivity contribution in [2.75, 3.05) is 0 Å². The Balaban J connectivity index is 1.17. The maximum Gasteiger partial charge on any atom is 0.135 e. The van der Waals surface area contributed by atoms with E-state index in [1.807, 2.05) is 12.1 Å². The molecule has 1 aliphatic rings. The van der Waals surface area contributed by atoms with Crippen LogP contribution in [-0.2, 0) is 0 Å². The van der Waals surface area contributed by atoms with Crippen LogP contribution in [0.3, 0.4) is 0 Å². The number of amidine groups is 1. The predicted octanol–water partition coefficient (Wildman–Crippen LogP) is 11.0. The van der Waals surface area contributed by atoms with Crippen LogP contribution in [0.15, 0.2) is 173 Å². The molecule has 49 heavy (non-hydrogen) atoms. The first-order chi connectivity index (χ1) is 24.3. The Morgan fingerprint density at radius 3 is 2.08 bits per heavy atom. The van der Waals surface area contributed by atoms with Crippen molar-refractivity contribution >= 4 is 60.1 Å². The molecule has 2 N–H and O–H groups in total. The average Bonchev–Trinajstić information content (AvgIpc) is 3.56. The van der Waals surface area contributed by atoms with E-state index in [1.165, 1.54) is 43.4 Å². The minimum Gasteiger partial charge on any atom is -0.456 e. The summed E-state index contributed by atoms with van der Waals surface area (Å²) in [6.07, 6.45) is -0.546. The van der Waals surface area contributed by atoms with Crippen molar-refractivity contribution < 1.29 is 4.42 Å². The molecule has 10 rings (SSSR count). The Hall–Kier alpha value is -6.23. The van der Waals surface area contributed by atoms with Gasteiger partial charge in [-0.25, -0.2) is 4.99 Å². The number of rotatable bonds is 4. The van der Waals surface area contributed by atoms with Gasteiger partial charge < -0.3 is 9.73 Å². The third-order valence-electron chi connectivity index (χ3n) is 9.91. The van der Waals surface area contributed by atoms with Crippen molar-refractivity contribution in [1.29, 1.82) is 0 Å². The third-order valence-corrected chi connectivity index (χ3v) is 9.91. The molecule has 0 radical (unpaired) electrons. The fourth-order valence-electron chi connectivity index (χ4n) is 7.59. The lowest BCUT2D eigenvalue weighted by atomic mass is 9.94. The number of fused-ring (bicyclic) bond motifs is 7. The fraction of sp³-hybridized carbons (Fsp3) is 0.0444. The normalized spacial score (nSPS) is 16.4. The van der Waals surface area contributed by atoms with Gasteiger partial charge in [-0.15, -0.1) is 0 Å². The molecule has 4 heteroatoms. The highest BCUT2D eigenvalue weighted by Crippen LogP contribution is 2.38. The number of benzene rings is 8. The van der Waals surface area contributed by atoms with E-state index in [0.29, 0.717) is 0 Å². The summed E-state index contributed by atoms with van der Waals surface area (Å²) in [7, 11) is 0. The monoisotopic (exact) mass is 629 g/mol. The molecule has 0 amide bonds. The number of hydrogen-bond donors (Lipinski definition) is 2. The highest BCUT2D eigenvalue weighted by atomic mass is 16.3. The van der Waals surface area contributed by atoms with Crippen LogP contribution in [0.1, 0.15) is 29.0 Å². The van der Waals surface area contributed by atoms with Crippen LogP contribution in [0.25, 0.3) is 65.4 Å². The van der Waals surface area contributed by atoms with Crippen LogP contribution in [0.5, 0.6) is 0 Å². The van der Waals surface area contributed by atoms with Gasteiger partial charge in [-0.2, -0.15) is 0 Å². The van der Waals surface area contributed by atoms with Crippen molar-refractivity contribution in [3.63, 3.8) is 0 Å². The molecule has 8 aromatic carbocycles. The minimum absolute atomic E-state index is 0.235. The number of furan rings is 1. The smallest absolute Gasteiger partial charge is 0.135 e. The second-order valence-corrected chi connectivity index (χ2v) is 12.8. The van der Waals surface area contributed by atoms with Gasteiger partial charge in [-0.1, -0.05) is 133 Å². The molecule has 2 atom stereocenters. The molecule has 0 saturated heterocycles. The standard InChI is InChI=1S/C45H31N3O/c1-2-11-28(12-3-1)39-27-33(26-30-14-5-7-16-35(30)39)44-46-43(32-23-24-36-31(25-32)22-21-29-13-4-6-15-34(29)36)47-45(48-44)38-18-10-20-41-42(38)37-17-8-9-19-40(37)49-41/h1-27,44-45,48H,(H,46,47). The second kappa shape index (κ2) is 11.2. The quantitative estimate of drug-likeness (QED) is 0.190. The van der Waals surface area contributed by atoms with E-state index in [0.717, 1.165) is 44.5 Å². The summed E-state index contributed by atoms with van der Waals surface area (Å²) in [6.45, 7) is 0. The van der Waals surface area contributed by atoms with Crippen molar-refractivity contribution in [3.05, 3.63) is 180 Å². The van der Waals surface area contributed by atoms with Gasteiger partial charge in [0.05, 0.1) is 0 Å². The minimum atomic E-state index is -0.311. The van der Waals surface area contributed by atoms with E-state index < -0.39 is 0 Å². The third kappa shape index (κ3) is 4.68. The number of aliphatic imine (C=N–C) groups is 1. The zero-order chi connectivity index (χ0) is 32.3. The molecular formula is C45H31N3O. The Labute approximate surface area is 283 Å². The Kier molecular flexibility index (Phi) is 6.36. The molecule has 0 bridgehead atoms. The molecule has 0 saturated carbocycles. The maximum absolute atomic E-state index is 6.32. The van der Waals surface area contributed by atoms with Crippen LogP contribution < -0.4 is 10.6 Å². The Morgan fingerprint density at radius 2 is 1.18 bits per heavy atom. The van der Waals surface area contributed by atoms with Gasteiger partial charge in [-0.3, -0.25) is 5.32 Å². The number of para-hydroxylation sites is 1. The molecule has 0 fully saturated rings. The zero-order valence-corrected chi connectivity index (χ0v) is 26.6. The lowest BCUT2D eigenvalue weighted by molar-refractivity contribution is 0.411. The topological polar surface area (TPSA) is 49.6 Å². The first-order valence-electron chi connectivity index (χ1n) is 16.8. The highest BCUT2D eigenvalue weighted by Gasteiger charge is 2.28. The van der Waals surface area contributed by atoms with Gasteiger partial charge in [0.25, 0.3) is 0 Å². The molecule has 2 heterocycles. The number of hydrogen-bond acceptors (Lipinski definition) is 4. The summed E-state index contributed by atoms with van der Waals surface area (Å²) in [6, 6.07) is 58.1. The van der Waals surface area contributed by atoms with E-state index in [2.05, 4.69) is 162 Å². The van der Waals surface area contributed by atoms with Crippen molar-refractivity contribution in [2.45, 2.75) is 12.3 Å².